The molecule has 1 amide bonds. The summed E-state index contributed by atoms with van der Waals surface area (Å²) in [4.78, 5) is 24.4. The summed E-state index contributed by atoms with van der Waals surface area (Å²) in [6, 6.07) is -0.630. The van der Waals surface area contributed by atoms with E-state index in [9.17, 15) is 19.8 Å². The largest absolute Gasteiger partial charge is 0.466 e. The van der Waals surface area contributed by atoms with Gasteiger partial charge in [-0.05, 0) is 32.1 Å². The van der Waals surface area contributed by atoms with Crippen molar-refractivity contribution >= 4 is 11.9 Å². The van der Waals surface area contributed by atoms with Crippen LogP contribution in [0.2, 0.25) is 0 Å². The molecule has 0 saturated heterocycles. The SMILES string of the molecule is CCCCCCCCCCCCCC/C=C/C(O)C(CO)NC(=O)CCCCCCCCCCCCCCCCCCCOC(=O)CCCCCCCCCCCCCC. The Morgan fingerprint density at radius 2 is 0.767 bits per heavy atom. The van der Waals surface area contributed by atoms with Gasteiger partial charge >= 0.3 is 5.97 Å². The molecule has 0 saturated carbocycles. The van der Waals surface area contributed by atoms with Crippen LogP contribution in [0.15, 0.2) is 12.2 Å². The number of hydrogen-bond donors (Lipinski definition) is 3. The number of ether oxygens (including phenoxy) is 1. The zero-order valence-corrected chi connectivity index (χ0v) is 40.5. The predicted octanol–water partition coefficient (Wildman–Crippen LogP) is 16.1. The van der Waals surface area contributed by atoms with Crippen molar-refractivity contribution in [1.82, 2.24) is 5.32 Å². The third-order valence-corrected chi connectivity index (χ3v) is 12.6. The van der Waals surface area contributed by atoms with Crippen molar-refractivity contribution < 1.29 is 24.5 Å². The monoisotopic (exact) mass is 848 g/mol. The van der Waals surface area contributed by atoms with E-state index in [1.165, 1.54) is 225 Å². The second-order valence-electron chi connectivity index (χ2n) is 18.6. The summed E-state index contributed by atoms with van der Waals surface area (Å²) in [5.41, 5.74) is 0. The van der Waals surface area contributed by atoms with Crippen LogP contribution < -0.4 is 5.32 Å². The third kappa shape index (κ3) is 46.1. The maximum absolute atomic E-state index is 12.4. The van der Waals surface area contributed by atoms with Gasteiger partial charge in [0.25, 0.3) is 0 Å². The topological polar surface area (TPSA) is 95.9 Å². The zero-order chi connectivity index (χ0) is 43.7. The first-order valence-corrected chi connectivity index (χ1v) is 27.0. The number of rotatable bonds is 50. The Morgan fingerprint density at radius 3 is 1.13 bits per heavy atom. The van der Waals surface area contributed by atoms with Gasteiger partial charge in [0.15, 0.2) is 0 Å². The van der Waals surface area contributed by atoms with Crippen molar-refractivity contribution in [3.8, 4) is 0 Å². The number of allylic oxidation sites excluding steroid dienone is 1. The van der Waals surface area contributed by atoms with E-state index >= 15 is 0 Å². The van der Waals surface area contributed by atoms with E-state index in [1.807, 2.05) is 6.08 Å². The molecule has 60 heavy (non-hydrogen) atoms. The lowest BCUT2D eigenvalue weighted by molar-refractivity contribution is -0.143. The van der Waals surface area contributed by atoms with Crippen LogP contribution in [0, 0.1) is 0 Å². The molecular weight excluding hydrogens is 743 g/mol. The van der Waals surface area contributed by atoms with Crippen LogP contribution in [0.3, 0.4) is 0 Å². The number of carbonyl (C=O) groups is 2. The lowest BCUT2D eigenvalue weighted by Crippen LogP contribution is -2.45. The van der Waals surface area contributed by atoms with Crippen LogP contribution in [-0.2, 0) is 14.3 Å². The molecule has 0 aromatic carbocycles. The fraction of sp³-hybridized carbons (Fsp3) is 0.926. The van der Waals surface area contributed by atoms with Gasteiger partial charge in [0.1, 0.15) is 0 Å². The normalized spacial score (nSPS) is 12.7. The summed E-state index contributed by atoms with van der Waals surface area (Å²) in [6.07, 6.45) is 57.9. The van der Waals surface area contributed by atoms with Gasteiger partial charge in [-0.15, -0.1) is 0 Å². The lowest BCUT2D eigenvalue weighted by Gasteiger charge is -2.20. The first-order valence-electron chi connectivity index (χ1n) is 27.0. The van der Waals surface area contributed by atoms with Gasteiger partial charge in [-0.3, -0.25) is 9.59 Å². The molecule has 356 valence electrons. The van der Waals surface area contributed by atoms with E-state index in [4.69, 9.17) is 4.74 Å². The highest BCUT2D eigenvalue weighted by Gasteiger charge is 2.18. The van der Waals surface area contributed by atoms with E-state index < -0.39 is 12.1 Å². The second-order valence-corrected chi connectivity index (χ2v) is 18.6. The van der Waals surface area contributed by atoms with Gasteiger partial charge in [0, 0.05) is 12.8 Å². The number of carbonyl (C=O) groups excluding carboxylic acids is 2. The van der Waals surface area contributed by atoms with Crippen LogP contribution in [0.25, 0.3) is 0 Å². The zero-order valence-electron chi connectivity index (χ0n) is 40.5. The lowest BCUT2D eigenvalue weighted by atomic mass is 10.0. The fourth-order valence-corrected chi connectivity index (χ4v) is 8.40. The molecule has 0 aromatic heterocycles. The van der Waals surface area contributed by atoms with Crippen molar-refractivity contribution in [3.05, 3.63) is 12.2 Å². The first-order chi connectivity index (χ1) is 29.5. The molecule has 0 radical (unpaired) electrons. The molecule has 0 heterocycles. The van der Waals surface area contributed by atoms with Crippen molar-refractivity contribution in [2.24, 2.45) is 0 Å². The molecule has 0 aliphatic carbocycles. The molecule has 2 atom stereocenters. The Hall–Kier alpha value is -1.40. The molecule has 0 fully saturated rings. The minimum Gasteiger partial charge on any atom is -0.466 e. The first kappa shape index (κ1) is 58.6. The Kier molecular flexibility index (Phi) is 49.1. The van der Waals surface area contributed by atoms with E-state index in [2.05, 4.69) is 19.2 Å². The average Bonchev–Trinajstić information content (AvgIpc) is 3.25. The number of nitrogens with one attached hydrogen (secondary N) is 1. The summed E-state index contributed by atoms with van der Waals surface area (Å²) < 4.78 is 5.46. The third-order valence-electron chi connectivity index (χ3n) is 12.6. The van der Waals surface area contributed by atoms with Gasteiger partial charge in [-0.2, -0.15) is 0 Å². The minimum atomic E-state index is -0.846. The summed E-state index contributed by atoms with van der Waals surface area (Å²) in [6.45, 7) is 4.90. The number of hydrogen-bond acceptors (Lipinski definition) is 5. The van der Waals surface area contributed by atoms with Crippen LogP contribution in [-0.4, -0.2) is 47.4 Å². The Bertz CT molecular complexity index is 893. The molecule has 0 aliphatic heterocycles. The number of aliphatic hydroxyl groups is 2. The molecule has 0 rings (SSSR count). The van der Waals surface area contributed by atoms with Crippen molar-refractivity contribution in [3.63, 3.8) is 0 Å². The van der Waals surface area contributed by atoms with Crippen molar-refractivity contribution in [1.29, 1.82) is 0 Å². The summed E-state index contributed by atoms with van der Waals surface area (Å²) >= 11 is 0. The smallest absolute Gasteiger partial charge is 0.305 e. The van der Waals surface area contributed by atoms with E-state index in [1.54, 1.807) is 6.08 Å². The molecule has 0 spiro atoms. The standard InChI is InChI=1S/C54H105NO5/c1-3-5-7-9-11-13-15-17-23-26-30-34-38-42-46-52(57)51(50-56)55-53(58)47-43-39-35-31-27-24-21-19-18-20-22-25-29-33-37-41-45-49-60-54(59)48-44-40-36-32-28-16-14-12-10-8-6-4-2/h42,46,51-52,56-57H,3-41,43-45,47-50H2,1-2H3,(H,55,58)/b46-42+. The fourth-order valence-electron chi connectivity index (χ4n) is 8.40. The molecule has 2 unspecified atom stereocenters. The molecule has 0 bridgehead atoms. The van der Waals surface area contributed by atoms with Gasteiger partial charge in [-0.1, -0.05) is 264 Å². The molecule has 0 aliphatic rings. The van der Waals surface area contributed by atoms with Gasteiger partial charge < -0.3 is 20.3 Å². The van der Waals surface area contributed by atoms with Crippen molar-refractivity contribution in [2.45, 2.75) is 309 Å². The second kappa shape index (κ2) is 50.2. The summed E-state index contributed by atoms with van der Waals surface area (Å²) in [7, 11) is 0. The van der Waals surface area contributed by atoms with Gasteiger partial charge in [-0.25, -0.2) is 0 Å². The molecular formula is C54H105NO5. The molecule has 6 nitrogen and oxygen atoms in total. The number of esters is 1. The number of unbranched alkanes of at least 4 members (excludes halogenated alkanes) is 39. The van der Waals surface area contributed by atoms with E-state index in [0.717, 1.165) is 44.9 Å². The minimum absolute atomic E-state index is 0.00529. The molecule has 6 heteroatoms. The maximum Gasteiger partial charge on any atom is 0.305 e. The van der Waals surface area contributed by atoms with E-state index in [-0.39, 0.29) is 18.5 Å². The number of amides is 1. The van der Waals surface area contributed by atoms with Crippen molar-refractivity contribution in [2.75, 3.05) is 13.2 Å². The van der Waals surface area contributed by atoms with Crippen LogP contribution in [0.5, 0.6) is 0 Å². The van der Waals surface area contributed by atoms with E-state index in [0.29, 0.717) is 19.4 Å². The highest BCUT2D eigenvalue weighted by atomic mass is 16.5. The number of aliphatic hydroxyl groups excluding tert-OH is 2. The van der Waals surface area contributed by atoms with Crippen LogP contribution in [0.1, 0.15) is 296 Å². The van der Waals surface area contributed by atoms with Crippen LogP contribution >= 0.6 is 0 Å². The van der Waals surface area contributed by atoms with Gasteiger partial charge in [0.05, 0.1) is 25.4 Å². The summed E-state index contributed by atoms with van der Waals surface area (Å²) in [5.74, 6) is -0.0669. The highest BCUT2D eigenvalue weighted by molar-refractivity contribution is 5.76. The predicted molar refractivity (Wildman–Crippen MR) is 260 cm³/mol. The quantitative estimate of drug-likeness (QED) is 0.0322. The highest BCUT2D eigenvalue weighted by Crippen LogP contribution is 2.17. The Labute approximate surface area is 374 Å². The van der Waals surface area contributed by atoms with Gasteiger partial charge in [0.2, 0.25) is 5.91 Å². The Balaban J connectivity index is 3.44. The van der Waals surface area contributed by atoms with Crippen LogP contribution in [0.4, 0.5) is 0 Å². The molecule has 3 N–H and O–H groups in total. The maximum atomic E-state index is 12.4. The Morgan fingerprint density at radius 1 is 0.450 bits per heavy atom. The molecule has 0 aromatic rings. The summed E-state index contributed by atoms with van der Waals surface area (Å²) in [5, 5.41) is 23.1. The average molecular weight is 848 g/mol.